The van der Waals surface area contributed by atoms with E-state index in [2.05, 4.69) is 9.97 Å². The van der Waals surface area contributed by atoms with Gasteiger partial charge in [-0.05, 0) is 18.6 Å². The number of hydrogen-bond acceptors (Lipinski definition) is 5. The predicted octanol–water partition coefficient (Wildman–Crippen LogP) is 4.29. The molecule has 0 N–H and O–H groups in total. The summed E-state index contributed by atoms with van der Waals surface area (Å²) in [6, 6.07) is 21.5. The topological polar surface area (TPSA) is 52.1 Å². The van der Waals surface area contributed by atoms with Crippen molar-refractivity contribution < 1.29 is 9.53 Å². The van der Waals surface area contributed by atoms with Gasteiger partial charge in [-0.15, -0.1) is 0 Å². The van der Waals surface area contributed by atoms with Crippen LogP contribution in [0.5, 0.6) is 0 Å². The number of carbonyl (C=O) groups excluding carboxylic acids is 1. The SMILES string of the molecule is Cc1nc(SCC(=O)OCc2ccccc2)cc(-c2ccccc2)n1. The zero-order valence-corrected chi connectivity index (χ0v) is 14.7. The van der Waals surface area contributed by atoms with Gasteiger partial charge >= 0.3 is 5.97 Å². The molecule has 0 saturated carbocycles. The molecule has 0 radical (unpaired) electrons. The number of esters is 1. The molecule has 0 bridgehead atoms. The van der Waals surface area contributed by atoms with E-state index in [1.807, 2.05) is 73.7 Å². The first-order valence-corrected chi connectivity index (χ1v) is 8.93. The van der Waals surface area contributed by atoms with Crippen LogP contribution in [0.1, 0.15) is 11.4 Å². The monoisotopic (exact) mass is 350 g/mol. The Hall–Kier alpha value is -2.66. The first kappa shape index (κ1) is 17.2. The predicted molar refractivity (Wildman–Crippen MR) is 99.2 cm³/mol. The van der Waals surface area contributed by atoms with Gasteiger partial charge in [0.2, 0.25) is 0 Å². The number of aromatic nitrogens is 2. The van der Waals surface area contributed by atoms with E-state index in [1.165, 1.54) is 11.8 Å². The zero-order valence-electron chi connectivity index (χ0n) is 13.9. The summed E-state index contributed by atoms with van der Waals surface area (Å²) in [4.78, 5) is 20.8. The van der Waals surface area contributed by atoms with Crippen LogP contribution in [0.4, 0.5) is 0 Å². The summed E-state index contributed by atoms with van der Waals surface area (Å²) >= 11 is 1.36. The van der Waals surface area contributed by atoms with Crippen molar-refractivity contribution in [3.8, 4) is 11.3 Å². The van der Waals surface area contributed by atoms with Gasteiger partial charge in [-0.1, -0.05) is 72.4 Å². The van der Waals surface area contributed by atoms with Crippen LogP contribution in [-0.4, -0.2) is 21.7 Å². The summed E-state index contributed by atoms with van der Waals surface area (Å²) < 4.78 is 5.29. The Morgan fingerprint density at radius 3 is 2.40 bits per heavy atom. The van der Waals surface area contributed by atoms with Crippen LogP contribution < -0.4 is 0 Å². The van der Waals surface area contributed by atoms with Gasteiger partial charge in [-0.2, -0.15) is 0 Å². The van der Waals surface area contributed by atoms with Gasteiger partial charge in [-0.3, -0.25) is 4.79 Å². The van der Waals surface area contributed by atoms with E-state index in [4.69, 9.17) is 4.74 Å². The van der Waals surface area contributed by atoms with Crippen molar-refractivity contribution >= 4 is 17.7 Å². The van der Waals surface area contributed by atoms with Crippen LogP contribution >= 0.6 is 11.8 Å². The van der Waals surface area contributed by atoms with Crippen molar-refractivity contribution in [2.75, 3.05) is 5.75 Å². The lowest BCUT2D eigenvalue weighted by Gasteiger charge is -2.07. The standard InChI is InChI=1S/C20H18N2O2S/c1-15-21-18(17-10-6-3-7-11-17)12-19(22-15)25-14-20(23)24-13-16-8-4-2-5-9-16/h2-12H,13-14H2,1H3. The van der Waals surface area contributed by atoms with E-state index in [1.54, 1.807) is 0 Å². The second-order valence-corrected chi connectivity index (χ2v) is 6.44. The maximum atomic E-state index is 11.9. The highest BCUT2D eigenvalue weighted by molar-refractivity contribution is 7.99. The molecule has 1 heterocycles. The minimum atomic E-state index is -0.258. The lowest BCUT2D eigenvalue weighted by molar-refractivity contribution is -0.141. The third kappa shape index (κ3) is 5.16. The maximum absolute atomic E-state index is 11.9. The number of nitrogens with zero attached hydrogens (tertiary/aromatic N) is 2. The summed E-state index contributed by atoms with van der Waals surface area (Å²) in [7, 11) is 0. The van der Waals surface area contributed by atoms with Crippen LogP contribution in [0, 0.1) is 6.92 Å². The second-order valence-electron chi connectivity index (χ2n) is 5.44. The van der Waals surface area contributed by atoms with Gasteiger partial charge in [0.25, 0.3) is 0 Å². The molecule has 3 aromatic rings. The molecule has 126 valence electrons. The first-order valence-electron chi connectivity index (χ1n) is 7.94. The Morgan fingerprint density at radius 2 is 1.68 bits per heavy atom. The molecule has 0 fully saturated rings. The van der Waals surface area contributed by atoms with Gasteiger partial charge in [0.05, 0.1) is 11.4 Å². The summed E-state index contributed by atoms with van der Waals surface area (Å²) in [6.07, 6.45) is 0. The Bertz CT molecular complexity index is 839. The molecule has 0 atom stereocenters. The molecule has 2 aromatic carbocycles. The Kier molecular flexibility index (Phi) is 5.80. The molecule has 0 spiro atoms. The van der Waals surface area contributed by atoms with Crippen LogP contribution in [-0.2, 0) is 16.1 Å². The fourth-order valence-corrected chi connectivity index (χ4v) is 3.02. The molecule has 0 amide bonds. The molecular weight excluding hydrogens is 332 g/mol. The van der Waals surface area contributed by atoms with Gasteiger partial charge in [0, 0.05) is 5.56 Å². The molecule has 0 unspecified atom stereocenters. The highest BCUT2D eigenvalue weighted by Gasteiger charge is 2.09. The average molecular weight is 350 g/mol. The molecule has 3 rings (SSSR count). The number of benzene rings is 2. The number of thioether (sulfide) groups is 1. The van der Waals surface area contributed by atoms with E-state index in [-0.39, 0.29) is 18.3 Å². The highest BCUT2D eigenvalue weighted by Crippen LogP contribution is 2.23. The van der Waals surface area contributed by atoms with Crippen molar-refractivity contribution in [1.82, 2.24) is 9.97 Å². The number of rotatable bonds is 6. The lowest BCUT2D eigenvalue weighted by Crippen LogP contribution is -2.07. The molecule has 0 aliphatic rings. The van der Waals surface area contributed by atoms with Crippen LogP contribution in [0.3, 0.4) is 0 Å². The molecule has 4 nitrogen and oxygen atoms in total. The third-order valence-electron chi connectivity index (χ3n) is 3.46. The van der Waals surface area contributed by atoms with Gasteiger partial charge in [0.15, 0.2) is 0 Å². The first-order chi connectivity index (χ1) is 12.2. The number of aryl methyl sites for hydroxylation is 1. The van der Waals surface area contributed by atoms with Crippen molar-refractivity contribution in [3.05, 3.63) is 78.1 Å². The minimum Gasteiger partial charge on any atom is -0.460 e. The van der Waals surface area contributed by atoms with E-state index in [0.717, 1.165) is 21.8 Å². The second kappa shape index (κ2) is 8.44. The minimum absolute atomic E-state index is 0.220. The zero-order chi connectivity index (χ0) is 17.5. The van der Waals surface area contributed by atoms with Crippen molar-refractivity contribution in [1.29, 1.82) is 0 Å². The van der Waals surface area contributed by atoms with E-state index < -0.39 is 0 Å². The Morgan fingerprint density at radius 1 is 1.00 bits per heavy atom. The summed E-state index contributed by atoms with van der Waals surface area (Å²) in [6.45, 7) is 2.14. The summed E-state index contributed by atoms with van der Waals surface area (Å²) in [5, 5.41) is 0.767. The van der Waals surface area contributed by atoms with Crippen molar-refractivity contribution in [3.63, 3.8) is 0 Å². The third-order valence-corrected chi connectivity index (χ3v) is 4.35. The van der Waals surface area contributed by atoms with Crippen LogP contribution in [0.2, 0.25) is 0 Å². The molecular formula is C20H18N2O2S. The molecule has 1 aromatic heterocycles. The van der Waals surface area contributed by atoms with E-state index in [0.29, 0.717) is 5.82 Å². The lowest BCUT2D eigenvalue weighted by atomic mass is 10.1. The number of ether oxygens (including phenoxy) is 1. The maximum Gasteiger partial charge on any atom is 0.316 e. The molecule has 0 saturated heterocycles. The molecule has 0 aliphatic carbocycles. The average Bonchev–Trinajstić information content (AvgIpc) is 2.66. The number of hydrogen-bond donors (Lipinski definition) is 0. The van der Waals surface area contributed by atoms with Gasteiger partial charge < -0.3 is 4.74 Å². The fourth-order valence-electron chi connectivity index (χ4n) is 2.28. The number of carbonyl (C=O) groups is 1. The van der Waals surface area contributed by atoms with E-state index in [9.17, 15) is 4.79 Å². The smallest absolute Gasteiger partial charge is 0.316 e. The quantitative estimate of drug-likeness (QED) is 0.377. The van der Waals surface area contributed by atoms with Crippen LogP contribution in [0.15, 0.2) is 71.8 Å². The fraction of sp³-hybridized carbons (Fsp3) is 0.150. The molecule has 25 heavy (non-hydrogen) atoms. The van der Waals surface area contributed by atoms with Gasteiger partial charge in [0.1, 0.15) is 17.5 Å². The Labute approximate surface area is 151 Å². The highest BCUT2D eigenvalue weighted by atomic mass is 32.2. The normalized spacial score (nSPS) is 10.4. The van der Waals surface area contributed by atoms with E-state index >= 15 is 0 Å². The molecule has 5 heteroatoms. The van der Waals surface area contributed by atoms with Crippen LogP contribution in [0.25, 0.3) is 11.3 Å². The summed E-state index contributed by atoms with van der Waals surface area (Å²) in [5.74, 6) is 0.644. The molecule has 0 aliphatic heterocycles. The summed E-state index contributed by atoms with van der Waals surface area (Å²) in [5.41, 5.74) is 2.86. The van der Waals surface area contributed by atoms with Crippen molar-refractivity contribution in [2.45, 2.75) is 18.6 Å². The largest absolute Gasteiger partial charge is 0.460 e. The Balaban J connectivity index is 1.59. The van der Waals surface area contributed by atoms with Gasteiger partial charge in [-0.25, -0.2) is 9.97 Å². The van der Waals surface area contributed by atoms with Crippen molar-refractivity contribution in [2.24, 2.45) is 0 Å².